The van der Waals surface area contributed by atoms with E-state index in [4.69, 9.17) is 0 Å². The van der Waals surface area contributed by atoms with E-state index in [-0.39, 0.29) is 6.03 Å². The van der Waals surface area contributed by atoms with Gasteiger partial charge in [-0.15, -0.1) is 0 Å². The molecule has 1 aliphatic carbocycles. The van der Waals surface area contributed by atoms with E-state index in [2.05, 4.69) is 17.6 Å². The van der Waals surface area contributed by atoms with Gasteiger partial charge >= 0.3 is 6.03 Å². The number of anilines is 2. The van der Waals surface area contributed by atoms with Crippen molar-refractivity contribution < 1.29 is 4.79 Å². The third kappa shape index (κ3) is 4.02. The van der Waals surface area contributed by atoms with Gasteiger partial charge in [0, 0.05) is 31.7 Å². The van der Waals surface area contributed by atoms with E-state index in [1.54, 1.807) is 6.20 Å². The van der Waals surface area contributed by atoms with Gasteiger partial charge < -0.3 is 15.5 Å². The first-order valence-electron chi connectivity index (χ1n) is 6.58. The molecule has 0 bridgehead atoms. The Morgan fingerprint density at radius 3 is 2.42 bits per heavy atom. The fourth-order valence-corrected chi connectivity index (χ4v) is 1.85. The standard InChI is InChI=1S/C15H21N3O/c1-11(12-4-5-12)10-16-15(19)17-13-6-8-14(9-7-13)18(2)3/h6-10,12H,4-5H2,1-3H3,(H2,16,17,19)/b11-10+. The Balaban J connectivity index is 1.86. The van der Waals surface area contributed by atoms with Crippen molar-refractivity contribution in [3.63, 3.8) is 0 Å². The van der Waals surface area contributed by atoms with Crippen LogP contribution in [0, 0.1) is 5.92 Å². The predicted octanol–water partition coefficient (Wildman–Crippen LogP) is 3.19. The Hall–Kier alpha value is -1.97. The highest BCUT2D eigenvalue weighted by Gasteiger charge is 2.22. The summed E-state index contributed by atoms with van der Waals surface area (Å²) in [4.78, 5) is 13.7. The summed E-state index contributed by atoms with van der Waals surface area (Å²) in [6.07, 6.45) is 4.30. The maximum absolute atomic E-state index is 11.7. The van der Waals surface area contributed by atoms with Gasteiger partial charge in [-0.3, -0.25) is 0 Å². The summed E-state index contributed by atoms with van der Waals surface area (Å²) in [5.74, 6) is 0.680. The van der Waals surface area contributed by atoms with E-state index >= 15 is 0 Å². The van der Waals surface area contributed by atoms with Crippen LogP contribution in [-0.4, -0.2) is 20.1 Å². The molecular weight excluding hydrogens is 238 g/mol. The minimum absolute atomic E-state index is 0.197. The largest absolute Gasteiger partial charge is 0.378 e. The van der Waals surface area contributed by atoms with Crippen LogP contribution in [0.3, 0.4) is 0 Å². The topological polar surface area (TPSA) is 44.4 Å². The van der Waals surface area contributed by atoms with E-state index in [1.165, 1.54) is 18.4 Å². The van der Waals surface area contributed by atoms with Crippen LogP contribution < -0.4 is 15.5 Å². The number of amides is 2. The molecule has 1 aromatic rings. The van der Waals surface area contributed by atoms with Crippen molar-refractivity contribution in [2.24, 2.45) is 5.92 Å². The average Bonchev–Trinajstić information content (AvgIpc) is 3.21. The third-order valence-electron chi connectivity index (χ3n) is 3.29. The molecule has 0 radical (unpaired) electrons. The van der Waals surface area contributed by atoms with Crippen LogP contribution in [0.2, 0.25) is 0 Å². The van der Waals surface area contributed by atoms with Gasteiger partial charge in [0.1, 0.15) is 0 Å². The average molecular weight is 259 g/mol. The molecule has 4 nitrogen and oxygen atoms in total. The number of carbonyl (C=O) groups is 1. The summed E-state index contributed by atoms with van der Waals surface area (Å²) >= 11 is 0. The van der Waals surface area contributed by atoms with E-state index in [0.717, 1.165) is 11.4 Å². The highest BCUT2D eigenvalue weighted by molar-refractivity contribution is 5.90. The molecule has 1 fully saturated rings. The summed E-state index contributed by atoms with van der Waals surface area (Å²) in [5, 5.41) is 5.58. The lowest BCUT2D eigenvalue weighted by molar-refractivity contribution is 0.255. The SMILES string of the molecule is C/C(=C\NC(=O)Nc1ccc(N(C)C)cc1)C1CC1. The fraction of sp³-hybridized carbons (Fsp3) is 0.400. The van der Waals surface area contributed by atoms with E-state index < -0.39 is 0 Å². The maximum Gasteiger partial charge on any atom is 0.323 e. The van der Waals surface area contributed by atoms with Crippen molar-refractivity contribution in [3.05, 3.63) is 36.0 Å². The van der Waals surface area contributed by atoms with Crippen LogP contribution in [0.25, 0.3) is 0 Å². The molecule has 0 aliphatic heterocycles. The number of hydrogen-bond donors (Lipinski definition) is 2. The number of nitrogens with one attached hydrogen (secondary N) is 2. The molecule has 0 aromatic heterocycles. The molecule has 102 valence electrons. The highest BCUT2D eigenvalue weighted by Crippen LogP contribution is 2.35. The molecule has 19 heavy (non-hydrogen) atoms. The van der Waals surface area contributed by atoms with Gasteiger partial charge in [-0.05, 0) is 49.9 Å². The summed E-state index contributed by atoms with van der Waals surface area (Å²) in [6, 6.07) is 7.54. The Morgan fingerprint density at radius 1 is 1.26 bits per heavy atom. The van der Waals surface area contributed by atoms with Crippen molar-refractivity contribution in [3.8, 4) is 0 Å². The van der Waals surface area contributed by atoms with Gasteiger partial charge in [0.2, 0.25) is 0 Å². The second-order valence-electron chi connectivity index (χ2n) is 5.20. The molecule has 0 heterocycles. The summed E-state index contributed by atoms with van der Waals surface area (Å²) in [7, 11) is 3.97. The van der Waals surface area contributed by atoms with Crippen molar-refractivity contribution in [2.75, 3.05) is 24.3 Å². The third-order valence-corrected chi connectivity index (χ3v) is 3.29. The van der Waals surface area contributed by atoms with Crippen molar-refractivity contribution in [1.29, 1.82) is 0 Å². The first-order chi connectivity index (χ1) is 9.06. The number of benzene rings is 1. The van der Waals surface area contributed by atoms with Crippen LogP contribution in [0.1, 0.15) is 19.8 Å². The normalized spacial score (nSPS) is 15.0. The van der Waals surface area contributed by atoms with E-state index in [0.29, 0.717) is 5.92 Å². The zero-order valence-electron chi connectivity index (χ0n) is 11.7. The molecule has 2 amide bonds. The van der Waals surface area contributed by atoms with Gasteiger partial charge in [0.05, 0.1) is 0 Å². The zero-order chi connectivity index (χ0) is 13.8. The van der Waals surface area contributed by atoms with Gasteiger partial charge in [-0.1, -0.05) is 5.57 Å². The first-order valence-corrected chi connectivity index (χ1v) is 6.58. The minimum Gasteiger partial charge on any atom is -0.378 e. The summed E-state index contributed by atoms with van der Waals surface area (Å²) < 4.78 is 0. The lowest BCUT2D eigenvalue weighted by Gasteiger charge is -2.13. The van der Waals surface area contributed by atoms with Crippen LogP contribution in [0.15, 0.2) is 36.0 Å². The van der Waals surface area contributed by atoms with Crippen molar-refractivity contribution in [1.82, 2.24) is 5.32 Å². The van der Waals surface area contributed by atoms with Gasteiger partial charge in [-0.25, -0.2) is 4.79 Å². The Labute approximate surface area is 114 Å². The molecule has 2 rings (SSSR count). The van der Waals surface area contributed by atoms with Crippen LogP contribution >= 0.6 is 0 Å². The quantitative estimate of drug-likeness (QED) is 0.872. The Bertz CT molecular complexity index is 473. The lowest BCUT2D eigenvalue weighted by atomic mass is 10.2. The molecular formula is C15H21N3O. The molecule has 0 saturated heterocycles. The molecule has 0 atom stereocenters. The Kier molecular flexibility index (Phi) is 4.10. The lowest BCUT2D eigenvalue weighted by Crippen LogP contribution is -2.24. The van der Waals surface area contributed by atoms with Crippen LogP contribution in [0.4, 0.5) is 16.2 Å². The van der Waals surface area contributed by atoms with Crippen LogP contribution in [0.5, 0.6) is 0 Å². The number of hydrogen-bond acceptors (Lipinski definition) is 2. The highest BCUT2D eigenvalue weighted by atomic mass is 16.2. The zero-order valence-corrected chi connectivity index (χ0v) is 11.7. The molecule has 1 aromatic carbocycles. The molecule has 1 saturated carbocycles. The van der Waals surface area contributed by atoms with Crippen LogP contribution in [-0.2, 0) is 0 Å². The van der Waals surface area contributed by atoms with Crippen molar-refractivity contribution >= 4 is 17.4 Å². The second kappa shape index (κ2) is 5.78. The number of rotatable bonds is 4. The second-order valence-corrected chi connectivity index (χ2v) is 5.20. The smallest absolute Gasteiger partial charge is 0.323 e. The molecule has 0 spiro atoms. The molecule has 1 aliphatic rings. The van der Waals surface area contributed by atoms with Gasteiger partial charge in [0.25, 0.3) is 0 Å². The molecule has 0 unspecified atom stereocenters. The molecule has 4 heteroatoms. The van der Waals surface area contributed by atoms with E-state index in [1.807, 2.05) is 43.3 Å². The minimum atomic E-state index is -0.197. The maximum atomic E-state index is 11.7. The number of carbonyl (C=O) groups excluding carboxylic acids is 1. The van der Waals surface area contributed by atoms with Crippen molar-refractivity contribution in [2.45, 2.75) is 19.8 Å². The predicted molar refractivity (Wildman–Crippen MR) is 79.4 cm³/mol. The van der Waals surface area contributed by atoms with E-state index in [9.17, 15) is 4.79 Å². The molecule has 2 N–H and O–H groups in total. The fourth-order valence-electron chi connectivity index (χ4n) is 1.85. The monoisotopic (exact) mass is 259 g/mol. The summed E-state index contributed by atoms with van der Waals surface area (Å²) in [6.45, 7) is 2.06. The number of nitrogens with zero attached hydrogens (tertiary/aromatic N) is 1. The van der Waals surface area contributed by atoms with Gasteiger partial charge in [0.15, 0.2) is 0 Å². The van der Waals surface area contributed by atoms with Gasteiger partial charge in [-0.2, -0.15) is 0 Å². The summed E-state index contributed by atoms with van der Waals surface area (Å²) in [5.41, 5.74) is 3.15. The Morgan fingerprint density at radius 2 is 1.89 bits per heavy atom. The number of urea groups is 1. The number of allylic oxidation sites excluding steroid dienone is 1. The first kappa shape index (κ1) is 13.5.